The van der Waals surface area contributed by atoms with Gasteiger partial charge in [0.1, 0.15) is 5.76 Å². The van der Waals surface area contributed by atoms with Gasteiger partial charge in [-0.15, -0.1) is 0 Å². The molecule has 1 unspecified atom stereocenters. The summed E-state index contributed by atoms with van der Waals surface area (Å²) in [6.45, 7) is 1.89. The van der Waals surface area contributed by atoms with E-state index in [1.54, 1.807) is 37.4 Å². The summed E-state index contributed by atoms with van der Waals surface area (Å²) in [7, 11) is 0. The fourth-order valence-corrected chi connectivity index (χ4v) is 1.89. The minimum Gasteiger partial charge on any atom is -0.481 e. The van der Waals surface area contributed by atoms with Crippen LogP contribution in [0.3, 0.4) is 0 Å². The van der Waals surface area contributed by atoms with Crippen LogP contribution in [0.5, 0.6) is 0 Å². The molecule has 6 heteroatoms. The number of rotatable bonds is 6. The van der Waals surface area contributed by atoms with Gasteiger partial charge in [0.2, 0.25) is 0 Å². The molecule has 1 atom stereocenters. The lowest BCUT2D eigenvalue weighted by Gasteiger charge is -2.23. The molecule has 2 heterocycles. The minimum atomic E-state index is -0.946. The Bertz CT molecular complexity index is 595. The molecule has 21 heavy (non-hydrogen) atoms. The van der Waals surface area contributed by atoms with Crippen molar-refractivity contribution in [2.45, 2.75) is 13.5 Å². The third kappa shape index (κ3) is 3.92. The highest BCUT2D eigenvalue weighted by atomic mass is 16.4. The van der Waals surface area contributed by atoms with E-state index in [2.05, 4.69) is 4.98 Å². The van der Waals surface area contributed by atoms with E-state index in [1.807, 2.05) is 0 Å². The number of pyridine rings is 1. The molecule has 6 nitrogen and oxygen atoms in total. The normalized spacial score (nSPS) is 11.9. The molecule has 0 aliphatic carbocycles. The lowest BCUT2D eigenvalue weighted by atomic mass is 10.1. The average molecular weight is 288 g/mol. The topological polar surface area (TPSA) is 83.6 Å². The predicted octanol–water partition coefficient (Wildman–Crippen LogP) is 2.04. The summed E-state index contributed by atoms with van der Waals surface area (Å²) >= 11 is 0. The van der Waals surface area contributed by atoms with Gasteiger partial charge in [-0.05, 0) is 24.3 Å². The molecule has 0 aromatic carbocycles. The third-order valence-electron chi connectivity index (χ3n) is 3.04. The number of hydrogen-bond donors (Lipinski definition) is 1. The van der Waals surface area contributed by atoms with Crippen molar-refractivity contribution in [2.75, 3.05) is 6.54 Å². The molecule has 2 aromatic heterocycles. The van der Waals surface area contributed by atoms with Crippen LogP contribution in [0, 0.1) is 5.92 Å². The summed E-state index contributed by atoms with van der Waals surface area (Å²) in [6, 6.07) is 6.78. The summed E-state index contributed by atoms with van der Waals surface area (Å²) in [6.07, 6.45) is 4.55. The molecule has 1 amide bonds. The number of furan rings is 1. The molecule has 0 aliphatic rings. The Morgan fingerprint density at radius 2 is 2.19 bits per heavy atom. The van der Waals surface area contributed by atoms with Crippen molar-refractivity contribution in [3.8, 4) is 0 Å². The second-order valence-corrected chi connectivity index (χ2v) is 4.75. The maximum Gasteiger partial charge on any atom is 0.308 e. The Kier molecular flexibility index (Phi) is 4.71. The van der Waals surface area contributed by atoms with Crippen molar-refractivity contribution >= 4 is 11.9 Å². The van der Waals surface area contributed by atoms with E-state index in [-0.39, 0.29) is 19.0 Å². The monoisotopic (exact) mass is 288 g/mol. The van der Waals surface area contributed by atoms with E-state index in [0.29, 0.717) is 11.3 Å². The van der Waals surface area contributed by atoms with Gasteiger partial charge in [-0.2, -0.15) is 0 Å². The molecule has 0 aliphatic heterocycles. The third-order valence-corrected chi connectivity index (χ3v) is 3.04. The van der Waals surface area contributed by atoms with Crippen LogP contribution in [0.15, 0.2) is 47.3 Å². The first kappa shape index (κ1) is 14.8. The van der Waals surface area contributed by atoms with Gasteiger partial charge in [0.05, 0.1) is 24.3 Å². The number of amides is 1. The van der Waals surface area contributed by atoms with E-state index >= 15 is 0 Å². The first-order valence-corrected chi connectivity index (χ1v) is 6.52. The van der Waals surface area contributed by atoms with Crippen molar-refractivity contribution in [1.29, 1.82) is 0 Å². The first-order valence-electron chi connectivity index (χ1n) is 6.52. The molecule has 110 valence electrons. The Morgan fingerprint density at radius 3 is 2.76 bits per heavy atom. The molecule has 0 spiro atoms. The second kappa shape index (κ2) is 6.69. The smallest absolute Gasteiger partial charge is 0.308 e. The van der Waals surface area contributed by atoms with Crippen molar-refractivity contribution < 1.29 is 19.1 Å². The Labute approximate surface area is 122 Å². The van der Waals surface area contributed by atoms with Crippen molar-refractivity contribution in [2.24, 2.45) is 5.92 Å². The summed E-state index contributed by atoms with van der Waals surface area (Å²) in [5.74, 6) is -1.28. The molecule has 0 bridgehead atoms. The number of nitrogens with zero attached hydrogens (tertiary/aromatic N) is 2. The standard InChI is InChI=1S/C15H16N2O4/c1-11(15(19)20)9-17(10-13-5-3-7-21-13)14(18)12-4-2-6-16-8-12/h2-8,11H,9-10H2,1H3,(H,19,20). The highest BCUT2D eigenvalue weighted by Gasteiger charge is 2.22. The Hall–Kier alpha value is -2.63. The maximum atomic E-state index is 12.5. The second-order valence-electron chi connectivity index (χ2n) is 4.75. The lowest BCUT2D eigenvalue weighted by molar-refractivity contribution is -0.141. The fraction of sp³-hybridized carbons (Fsp3) is 0.267. The lowest BCUT2D eigenvalue weighted by Crippen LogP contribution is -2.36. The maximum absolute atomic E-state index is 12.5. The van der Waals surface area contributed by atoms with Crippen molar-refractivity contribution in [3.05, 3.63) is 54.2 Å². The van der Waals surface area contributed by atoms with Crippen LogP contribution in [-0.4, -0.2) is 33.4 Å². The molecule has 2 aromatic rings. The first-order chi connectivity index (χ1) is 10.1. The quantitative estimate of drug-likeness (QED) is 0.879. The molecular weight excluding hydrogens is 272 g/mol. The molecule has 0 radical (unpaired) electrons. The number of aromatic nitrogens is 1. The van der Waals surface area contributed by atoms with Crippen LogP contribution < -0.4 is 0 Å². The van der Waals surface area contributed by atoms with Crippen LogP contribution in [0.4, 0.5) is 0 Å². The Balaban J connectivity index is 2.18. The SMILES string of the molecule is CC(CN(Cc1ccco1)C(=O)c1cccnc1)C(=O)O. The molecule has 0 saturated heterocycles. The van der Waals surface area contributed by atoms with E-state index in [9.17, 15) is 9.59 Å². The fourth-order valence-electron chi connectivity index (χ4n) is 1.89. The van der Waals surface area contributed by atoms with Crippen molar-refractivity contribution in [1.82, 2.24) is 9.88 Å². The highest BCUT2D eigenvalue weighted by molar-refractivity contribution is 5.94. The number of carbonyl (C=O) groups is 2. The predicted molar refractivity (Wildman–Crippen MR) is 74.5 cm³/mol. The summed E-state index contributed by atoms with van der Waals surface area (Å²) in [5, 5.41) is 9.04. The van der Waals surface area contributed by atoms with Gasteiger partial charge >= 0.3 is 5.97 Å². The summed E-state index contributed by atoms with van der Waals surface area (Å²) in [4.78, 5) is 28.9. The number of carbonyl (C=O) groups excluding carboxylic acids is 1. The van der Waals surface area contributed by atoms with Gasteiger partial charge in [0.15, 0.2) is 0 Å². The van der Waals surface area contributed by atoms with Gasteiger partial charge in [-0.25, -0.2) is 0 Å². The van der Waals surface area contributed by atoms with E-state index in [0.717, 1.165) is 0 Å². The number of carboxylic acid groups (broad SMARTS) is 1. The molecule has 0 saturated carbocycles. The molecular formula is C15H16N2O4. The van der Waals surface area contributed by atoms with Gasteiger partial charge in [-0.3, -0.25) is 14.6 Å². The summed E-state index contributed by atoms with van der Waals surface area (Å²) < 4.78 is 5.24. The number of hydrogen-bond acceptors (Lipinski definition) is 4. The average Bonchev–Trinajstić information content (AvgIpc) is 2.99. The molecule has 2 rings (SSSR count). The zero-order valence-electron chi connectivity index (χ0n) is 11.6. The van der Waals surface area contributed by atoms with Gasteiger partial charge in [0.25, 0.3) is 5.91 Å². The van der Waals surface area contributed by atoms with Crippen molar-refractivity contribution in [3.63, 3.8) is 0 Å². The number of carboxylic acids is 1. The van der Waals surface area contributed by atoms with Crippen LogP contribution in [0.25, 0.3) is 0 Å². The molecule has 0 fully saturated rings. The van der Waals surface area contributed by atoms with E-state index < -0.39 is 11.9 Å². The van der Waals surface area contributed by atoms with Gasteiger partial charge < -0.3 is 14.4 Å². The molecule has 1 N–H and O–H groups in total. The van der Waals surface area contributed by atoms with E-state index in [4.69, 9.17) is 9.52 Å². The summed E-state index contributed by atoms with van der Waals surface area (Å²) in [5.41, 5.74) is 0.418. The van der Waals surface area contributed by atoms with E-state index in [1.165, 1.54) is 17.4 Å². The minimum absolute atomic E-state index is 0.101. The van der Waals surface area contributed by atoms with Gasteiger partial charge in [0, 0.05) is 18.9 Å². The highest BCUT2D eigenvalue weighted by Crippen LogP contribution is 2.12. The number of aliphatic carboxylic acids is 1. The van der Waals surface area contributed by atoms with Crippen LogP contribution >= 0.6 is 0 Å². The van der Waals surface area contributed by atoms with Crippen LogP contribution in [-0.2, 0) is 11.3 Å². The Morgan fingerprint density at radius 1 is 1.38 bits per heavy atom. The zero-order valence-corrected chi connectivity index (χ0v) is 11.6. The van der Waals surface area contributed by atoms with Crippen LogP contribution in [0.2, 0.25) is 0 Å². The zero-order chi connectivity index (χ0) is 15.2. The van der Waals surface area contributed by atoms with Gasteiger partial charge in [-0.1, -0.05) is 6.92 Å². The largest absolute Gasteiger partial charge is 0.481 e. The van der Waals surface area contributed by atoms with Crippen LogP contribution in [0.1, 0.15) is 23.0 Å².